The minimum absolute atomic E-state index is 0.150. The molecule has 1 aromatic heterocycles. The number of aryl methyl sites for hydroxylation is 1. The quantitative estimate of drug-likeness (QED) is 0.323. The molecule has 2 heterocycles. The first kappa shape index (κ1) is 24.1. The van der Waals surface area contributed by atoms with Crippen LogP contribution in [-0.4, -0.2) is 42.5 Å². The van der Waals surface area contributed by atoms with Crippen LogP contribution in [0.25, 0.3) is 10.9 Å². The Morgan fingerprint density at radius 2 is 1.94 bits per heavy atom. The molecule has 1 amide bonds. The van der Waals surface area contributed by atoms with Gasteiger partial charge in [0.2, 0.25) is 0 Å². The molecule has 36 heavy (non-hydrogen) atoms. The van der Waals surface area contributed by atoms with Crippen LogP contribution in [0, 0.1) is 12.7 Å². The number of aromatic amines is 1. The Bertz CT molecular complexity index is 1370. The highest BCUT2D eigenvalue weighted by Gasteiger charge is 2.23. The zero-order valence-electron chi connectivity index (χ0n) is 20.8. The fraction of sp³-hybridized carbons (Fsp3) is 0.300. The average molecular weight is 486 g/mol. The van der Waals surface area contributed by atoms with E-state index in [0.29, 0.717) is 17.2 Å². The number of anilines is 1. The average Bonchev–Trinajstić information content (AvgIpc) is 3.32. The van der Waals surface area contributed by atoms with Gasteiger partial charge in [-0.15, -0.1) is 0 Å². The van der Waals surface area contributed by atoms with Gasteiger partial charge in [0.25, 0.3) is 5.91 Å². The molecule has 0 spiro atoms. The molecule has 0 aliphatic carbocycles. The van der Waals surface area contributed by atoms with E-state index < -0.39 is 0 Å². The number of carbonyl (C=O) groups excluding carboxylic acids is 1. The summed E-state index contributed by atoms with van der Waals surface area (Å²) in [5, 5.41) is 4.03. The number of H-pyrrole nitrogens is 1. The highest BCUT2D eigenvalue weighted by molar-refractivity contribution is 6.04. The highest BCUT2D eigenvalue weighted by Crippen LogP contribution is 2.33. The molecule has 6 heteroatoms. The molecule has 1 saturated heterocycles. The summed E-state index contributed by atoms with van der Waals surface area (Å²) in [5.74, 6) is 0.780. The second kappa shape index (κ2) is 10.5. The summed E-state index contributed by atoms with van der Waals surface area (Å²) in [6, 6.07) is 18.2. The first-order chi connectivity index (χ1) is 17.5. The Morgan fingerprint density at radius 3 is 2.75 bits per heavy atom. The van der Waals surface area contributed by atoms with Crippen molar-refractivity contribution in [2.24, 2.45) is 0 Å². The van der Waals surface area contributed by atoms with Gasteiger partial charge in [-0.25, -0.2) is 4.39 Å². The Morgan fingerprint density at radius 1 is 1.11 bits per heavy atom. The fourth-order valence-electron chi connectivity index (χ4n) is 5.18. The number of likely N-dealkylation sites (tertiary alicyclic amines) is 1. The molecule has 1 fully saturated rings. The molecule has 1 aliphatic heterocycles. The Balaban J connectivity index is 1.18. The number of methoxy groups -OCH3 is 1. The van der Waals surface area contributed by atoms with Gasteiger partial charge in [-0.3, -0.25) is 4.79 Å². The molecular formula is C30H32FN3O2. The van der Waals surface area contributed by atoms with Crippen molar-refractivity contribution in [3.63, 3.8) is 0 Å². The van der Waals surface area contributed by atoms with Crippen molar-refractivity contribution in [2.45, 2.75) is 32.1 Å². The minimum atomic E-state index is -0.182. The number of amides is 1. The van der Waals surface area contributed by atoms with E-state index in [2.05, 4.69) is 40.5 Å². The zero-order valence-corrected chi connectivity index (χ0v) is 20.8. The van der Waals surface area contributed by atoms with Crippen molar-refractivity contribution < 1.29 is 13.9 Å². The lowest BCUT2D eigenvalue weighted by Gasteiger charge is -2.32. The number of nitrogens with one attached hydrogen (secondary N) is 2. The number of aromatic nitrogens is 1. The van der Waals surface area contributed by atoms with Gasteiger partial charge in [0.05, 0.1) is 7.11 Å². The third-order valence-electron chi connectivity index (χ3n) is 7.34. The number of nitrogens with zero attached hydrogens (tertiary/aromatic N) is 1. The van der Waals surface area contributed by atoms with Crippen molar-refractivity contribution in [1.29, 1.82) is 0 Å². The van der Waals surface area contributed by atoms with Gasteiger partial charge < -0.3 is 19.9 Å². The maximum atomic E-state index is 13.8. The van der Waals surface area contributed by atoms with Crippen LogP contribution in [-0.2, 0) is 6.42 Å². The molecule has 5 nitrogen and oxygen atoms in total. The molecule has 2 N–H and O–H groups in total. The molecule has 0 saturated carbocycles. The van der Waals surface area contributed by atoms with Gasteiger partial charge in [-0.05, 0) is 110 Å². The smallest absolute Gasteiger partial charge is 0.255 e. The molecule has 5 rings (SSSR count). The van der Waals surface area contributed by atoms with Gasteiger partial charge in [-0.2, -0.15) is 0 Å². The number of ether oxygens (including phenoxy) is 1. The van der Waals surface area contributed by atoms with Crippen molar-refractivity contribution in [1.82, 2.24) is 9.88 Å². The monoisotopic (exact) mass is 485 g/mol. The summed E-state index contributed by atoms with van der Waals surface area (Å²) in [5.41, 5.74) is 6.07. The number of benzene rings is 3. The predicted molar refractivity (Wildman–Crippen MR) is 143 cm³/mol. The van der Waals surface area contributed by atoms with Crippen LogP contribution in [0.1, 0.15) is 45.8 Å². The minimum Gasteiger partial charge on any atom is -0.497 e. The molecule has 1 aliphatic rings. The number of carbonyl (C=O) groups is 1. The summed E-state index contributed by atoms with van der Waals surface area (Å²) in [6.07, 6.45) is 5.12. The van der Waals surface area contributed by atoms with Crippen molar-refractivity contribution in [3.05, 3.63) is 94.9 Å². The lowest BCUT2D eigenvalue weighted by molar-refractivity contribution is 0.102. The number of fused-ring (bicyclic) bond motifs is 1. The highest BCUT2D eigenvalue weighted by atomic mass is 19.1. The topological polar surface area (TPSA) is 57.4 Å². The molecule has 0 atom stereocenters. The van der Waals surface area contributed by atoms with Gasteiger partial charge in [0.15, 0.2) is 0 Å². The Hall–Kier alpha value is -3.64. The second-order valence-corrected chi connectivity index (χ2v) is 9.63. The van der Waals surface area contributed by atoms with Gasteiger partial charge in [0.1, 0.15) is 11.6 Å². The third-order valence-corrected chi connectivity index (χ3v) is 7.34. The number of piperidine rings is 1. The van der Waals surface area contributed by atoms with E-state index in [-0.39, 0.29) is 11.7 Å². The maximum Gasteiger partial charge on any atom is 0.255 e. The largest absolute Gasteiger partial charge is 0.497 e. The standard InChI is InChI=1S/C30H32FN3O2/c1-20-6-8-25(33-30(35)23-4-3-5-26(17-23)36-2)16-22(20)12-15-34-13-10-21(11-14-34)28-19-32-29-9-7-24(31)18-27(28)29/h3-9,16-19,21,32H,10-15H2,1-2H3,(H,33,35). The number of halogens is 1. The summed E-state index contributed by atoms with van der Waals surface area (Å²) >= 11 is 0. The lowest BCUT2D eigenvalue weighted by atomic mass is 9.89. The molecular weight excluding hydrogens is 453 g/mol. The van der Waals surface area contributed by atoms with E-state index in [9.17, 15) is 9.18 Å². The molecule has 0 bridgehead atoms. The van der Waals surface area contributed by atoms with E-state index in [1.165, 1.54) is 22.8 Å². The summed E-state index contributed by atoms with van der Waals surface area (Å²) in [4.78, 5) is 18.5. The van der Waals surface area contributed by atoms with Crippen LogP contribution in [0.5, 0.6) is 5.75 Å². The Kier molecular flexibility index (Phi) is 7.05. The van der Waals surface area contributed by atoms with Crippen LogP contribution in [0.4, 0.5) is 10.1 Å². The SMILES string of the molecule is COc1cccc(C(=O)Nc2ccc(C)c(CCN3CCC(c4c[nH]c5ccc(F)cc45)CC3)c2)c1. The Labute approximate surface area is 211 Å². The molecule has 0 radical (unpaired) electrons. The van der Waals surface area contributed by atoms with E-state index >= 15 is 0 Å². The van der Waals surface area contributed by atoms with Crippen LogP contribution in [0.15, 0.2) is 66.9 Å². The number of rotatable bonds is 7. The van der Waals surface area contributed by atoms with Crippen LogP contribution in [0.2, 0.25) is 0 Å². The molecule has 186 valence electrons. The maximum absolute atomic E-state index is 13.8. The van der Waals surface area contributed by atoms with Gasteiger partial charge in [0, 0.05) is 34.9 Å². The number of hydrogen-bond donors (Lipinski definition) is 2. The zero-order chi connectivity index (χ0) is 25.1. The summed E-state index contributed by atoms with van der Waals surface area (Å²) in [7, 11) is 1.59. The molecule has 0 unspecified atom stereocenters. The molecule has 3 aromatic carbocycles. The van der Waals surface area contributed by atoms with E-state index in [1.54, 1.807) is 25.3 Å². The summed E-state index contributed by atoms with van der Waals surface area (Å²) in [6.45, 7) is 5.14. The van der Waals surface area contributed by atoms with E-state index in [0.717, 1.165) is 55.5 Å². The van der Waals surface area contributed by atoms with Gasteiger partial charge >= 0.3 is 0 Å². The predicted octanol–water partition coefficient (Wildman–Crippen LogP) is 6.30. The summed E-state index contributed by atoms with van der Waals surface area (Å²) < 4.78 is 19.0. The van der Waals surface area contributed by atoms with E-state index in [4.69, 9.17) is 4.74 Å². The first-order valence-corrected chi connectivity index (χ1v) is 12.5. The third kappa shape index (κ3) is 5.29. The van der Waals surface area contributed by atoms with Crippen LogP contribution in [0.3, 0.4) is 0 Å². The van der Waals surface area contributed by atoms with Crippen molar-refractivity contribution in [2.75, 3.05) is 32.1 Å². The number of hydrogen-bond acceptors (Lipinski definition) is 3. The van der Waals surface area contributed by atoms with Crippen LogP contribution >= 0.6 is 0 Å². The normalized spacial score (nSPS) is 14.8. The van der Waals surface area contributed by atoms with Crippen molar-refractivity contribution >= 4 is 22.5 Å². The second-order valence-electron chi connectivity index (χ2n) is 9.63. The molecule has 4 aromatic rings. The fourth-order valence-corrected chi connectivity index (χ4v) is 5.18. The van der Waals surface area contributed by atoms with Crippen molar-refractivity contribution in [3.8, 4) is 5.75 Å². The van der Waals surface area contributed by atoms with Gasteiger partial charge in [-0.1, -0.05) is 12.1 Å². The first-order valence-electron chi connectivity index (χ1n) is 12.5. The lowest BCUT2D eigenvalue weighted by Crippen LogP contribution is -2.34. The van der Waals surface area contributed by atoms with Crippen LogP contribution < -0.4 is 10.1 Å². The van der Waals surface area contributed by atoms with E-state index in [1.807, 2.05) is 24.3 Å².